The summed E-state index contributed by atoms with van der Waals surface area (Å²) in [5.41, 5.74) is 4.18. The van der Waals surface area contributed by atoms with Crippen molar-refractivity contribution in [1.82, 2.24) is 9.29 Å². The van der Waals surface area contributed by atoms with Crippen LogP contribution in [0.2, 0.25) is 0 Å². The quantitative estimate of drug-likeness (QED) is 0.645. The summed E-state index contributed by atoms with van der Waals surface area (Å²) in [5.74, 6) is 0.451. The van der Waals surface area contributed by atoms with Gasteiger partial charge in [-0.25, -0.2) is 13.4 Å². The van der Waals surface area contributed by atoms with Crippen LogP contribution in [0.4, 0.5) is 5.82 Å². The van der Waals surface area contributed by atoms with Crippen molar-refractivity contribution >= 4 is 22.1 Å². The van der Waals surface area contributed by atoms with Crippen LogP contribution in [0.1, 0.15) is 30.4 Å². The lowest BCUT2D eigenvalue weighted by Gasteiger charge is -2.25. The van der Waals surface area contributed by atoms with Gasteiger partial charge in [0.15, 0.2) is 0 Å². The van der Waals surface area contributed by atoms with Gasteiger partial charge >= 0.3 is 0 Å². The Bertz CT molecular complexity index is 910. The number of rotatable bonds is 5. The van der Waals surface area contributed by atoms with Gasteiger partial charge in [-0.05, 0) is 42.7 Å². The van der Waals surface area contributed by atoms with E-state index in [0.717, 1.165) is 24.8 Å². The average molecular weight is 369 g/mol. The smallest absolute Gasteiger partial charge is 0.244 e. The van der Waals surface area contributed by atoms with E-state index in [4.69, 9.17) is 5.26 Å². The minimum absolute atomic E-state index is 0.195. The lowest BCUT2D eigenvalue weighted by atomic mass is 10.2. The molecule has 26 heavy (non-hydrogen) atoms. The van der Waals surface area contributed by atoms with E-state index in [0.29, 0.717) is 24.5 Å². The van der Waals surface area contributed by atoms with Gasteiger partial charge in [0.05, 0.1) is 17.8 Å². The summed E-state index contributed by atoms with van der Waals surface area (Å²) in [7, 11) is -3.47. The first kappa shape index (κ1) is 18.0. The molecule has 1 aliphatic heterocycles. The number of anilines is 1. The largest absolute Gasteiger partial charge is 0.261 e. The first-order valence-corrected chi connectivity index (χ1v) is 9.79. The number of hydrogen-bond donors (Lipinski definition) is 1. The molecule has 2 heterocycles. The van der Waals surface area contributed by atoms with E-state index in [1.54, 1.807) is 36.5 Å². The first-order valence-electron chi connectivity index (χ1n) is 8.35. The van der Waals surface area contributed by atoms with Crippen LogP contribution in [-0.4, -0.2) is 37.0 Å². The summed E-state index contributed by atoms with van der Waals surface area (Å²) in [6.07, 6.45) is 5.82. The molecule has 0 saturated carbocycles. The molecule has 0 spiro atoms. The monoisotopic (exact) mass is 369 g/mol. The highest BCUT2D eigenvalue weighted by Gasteiger charge is 2.25. The molecule has 7 nitrogen and oxygen atoms in total. The van der Waals surface area contributed by atoms with E-state index >= 15 is 0 Å². The van der Waals surface area contributed by atoms with Crippen LogP contribution >= 0.6 is 0 Å². The van der Waals surface area contributed by atoms with E-state index in [1.807, 2.05) is 0 Å². The zero-order valence-electron chi connectivity index (χ0n) is 14.2. The molecule has 1 aliphatic rings. The highest BCUT2D eigenvalue weighted by atomic mass is 32.2. The molecular formula is C18H19N5O2S. The van der Waals surface area contributed by atoms with E-state index < -0.39 is 10.0 Å². The Morgan fingerprint density at radius 2 is 1.85 bits per heavy atom. The maximum Gasteiger partial charge on any atom is 0.244 e. The summed E-state index contributed by atoms with van der Waals surface area (Å²) in [5, 5.41) is 12.8. The van der Waals surface area contributed by atoms with Crippen LogP contribution in [0.3, 0.4) is 0 Å². The minimum Gasteiger partial charge on any atom is -0.261 e. The molecule has 3 rings (SSSR count). The van der Waals surface area contributed by atoms with Crippen LogP contribution in [0.15, 0.2) is 52.6 Å². The highest BCUT2D eigenvalue weighted by molar-refractivity contribution is 7.89. The van der Waals surface area contributed by atoms with Crippen molar-refractivity contribution in [3.8, 4) is 6.07 Å². The second-order valence-corrected chi connectivity index (χ2v) is 7.89. The van der Waals surface area contributed by atoms with Crippen molar-refractivity contribution in [3.05, 3.63) is 53.7 Å². The number of piperidine rings is 1. The molecule has 0 unspecified atom stereocenters. The van der Waals surface area contributed by atoms with Crippen LogP contribution in [0.5, 0.6) is 0 Å². The lowest BCUT2D eigenvalue weighted by Crippen LogP contribution is -2.35. The van der Waals surface area contributed by atoms with Crippen LogP contribution < -0.4 is 5.43 Å². The Morgan fingerprint density at radius 3 is 2.46 bits per heavy atom. The maximum absolute atomic E-state index is 12.6. The third kappa shape index (κ3) is 4.25. The third-order valence-electron chi connectivity index (χ3n) is 4.12. The first-order chi connectivity index (χ1) is 12.6. The molecule has 134 valence electrons. The highest BCUT2D eigenvalue weighted by Crippen LogP contribution is 2.20. The number of aromatic nitrogens is 1. The van der Waals surface area contributed by atoms with Crippen molar-refractivity contribution in [1.29, 1.82) is 5.26 Å². The van der Waals surface area contributed by atoms with E-state index in [1.165, 1.54) is 16.6 Å². The summed E-state index contributed by atoms with van der Waals surface area (Å²) >= 11 is 0. The Labute approximate surface area is 153 Å². The molecule has 1 fully saturated rings. The van der Waals surface area contributed by atoms with Crippen LogP contribution in [-0.2, 0) is 10.0 Å². The normalized spacial score (nSPS) is 15.7. The number of benzene rings is 1. The fourth-order valence-electron chi connectivity index (χ4n) is 2.67. The molecule has 8 heteroatoms. The topological polar surface area (TPSA) is 98.4 Å². The van der Waals surface area contributed by atoms with Gasteiger partial charge in [0.1, 0.15) is 10.7 Å². The average Bonchev–Trinajstić information content (AvgIpc) is 2.69. The number of hydrazone groups is 1. The lowest BCUT2D eigenvalue weighted by molar-refractivity contribution is 0.346. The van der Waals surface area contributed by atoms with Crippen molar-refractivity contribution in [3.63, 3.8) is 0 Å². The van der Waals surface area contributed by atoms with Crippen LogP contribution in [0, 0.1) is 11.3 Å². The second-order valence-electron chi connectivity index (χ2n) is 5.95. The second kappa shape index (κ2) is 8.08. The third-order valence-corrected chi connectivity index (χ3v) is 6.00. The Kier molecular flexibility index (Phi) is 5.61. The van der Waals surface area contributed by atoms with Gasteiger partial charge in [0.2, 0.25) is 10.0 Å². The number of nitrogens with one attached hydrogen (secondary N) is 1. The van der Waals surface area contributed by atoms with E-state index in [-0.39, 0.29) is 4.90 Å². The molecule has 1 saturated heterocycles. The van der Waals surface area contributed by atoms with Gasteiger partial charge < -0.3 is 0 Å². The summed E-state index contributed by atoms with van der Waals surface area (Å²) in [4.78, 5) is 4.32. The van der Waals surface area contributed by atoms with Gasteiger partial charge in [-0.15, -0.1) is 0 Å². The Morgan fingerprint density at radius 1 is 1.12 bits per heavy atom. The molecule has 1 N–H and O–H groups in total. The number of pyridine rings is 1. The zero-order chi connectivity index (χ0) is 18.4. The Balaban J connectivity index is 1.63. The van der Waals surface area contributed by atoms with E-state index in [9.17, 15) is 8.42 Å². The minimum atomic E-state index is -3.47. The standard InChI is InChI=1S/C18H19N5O2S/c19-12-15-4-6-16(7-5-15)13-21-22-18-9-8-17(14-20-18)26(24,25)23-10-2-1-3-11-23/h4-9,13-14H,1-3,10-11H2,(H,20,22)/b21-13+. The van der Waals surface area contributed by atoms with Crippen molar-refractivity contribution in [2.45, 2.75) is 24.2 Å². The molecule has 1 aromatic heterocycles. The fraction of sp³-hybridized carbons (Fsp3) is 0.278. The number of hydrogen-bond acceptors (Lipinski definition) is 6. The predicted molar refractivity (Wildman–Crippen MR) is 99.2 cm³/mol. The van der Waals surface area contributed by atoms with Gasteiger partial charge in [0.25, 0.3) is 0 Å². The van der Waals surface area contributed by atoms with E-state index in [2.05, 4.69) is 21.6 Å². The summed E-state index contributed by atoms with van der Waals surface area (Å²) < 4.78 is 26.6. The van der Waals surface area contributed by atoms with Gasteiger partial charge in [-0.3, -0.25) is 5.43 Å². The van der Waals surface area contributed by atoms with Gasteiger partial charge in [-0.2, -0.15) is 14.7 Å². The number of nitrogens with zero attached hydrogens (tertiary/aromatic N) is 4. The molecule has 0 amide bonds. The summed E-state index contributed by atoms with van der Waals surface area (Å²) in [6, 6.07) is 12.2. The molecule has 0 bridgehead atoms. The molecule has 2 aromatic rings. The zero-order valence-corrected chi connectivity index (χ0v) is 15.0. The number of sulfonamides is 1. The molecule has 0 aliphatic carbocycles. The van der Waals surface area contributed by atoms with Crippen molar-refractivity contribution in [2.24, 2.45) is 5.10 Å². The van der Waals surface area contributed by atoms with Gasteiger partial charge in [0, 0.05) is 19.3 Å². The fourth-order valence-corrected chi connectivity index (χ4v) is 4.13. The molecular weight excluding hydrogens is 350 g/mol. The SMILES string of the molecule is N#Cc1ccc(/C=N/Nc2ccc(S(=O)(=O)N3CCCCC3)cn2)cc1. The van der Waals surface area contributed by atoms with Crippen molar-refractivity contribution in [2.75, 3.05) is 18.5 Å². The predicted octanol–water partition coefficient (Wildman–Crippen LogP) is 2.57. The van der Waals surface area contributed by atoms with Crippen LogP contribution in [0.25, 0.3) is 0 Å². The number of nitriles is 1. The molecule has 1 aromatic carbocycles. The molecule has 0 atom stereocenters. The van der Waals surface area contributed by atoms with Crippen molar-refractivity contribution < 1.29 is 8.42 Å². The molecule has 0 radical (unpaired) electrons. The Hall–Kier alpha value is -2.76. The van der Waals surface area contributed by atoms with Gasteiger partial charge in [-0.1, -0.05) is 18.6 Å². The summed E-state index contributed by atoms with van der Waals surface area (Å²) in [6.45, 7) is 1.13. The maximum atomic E-state index is 12.6.